The van der Waals surface area contributed by atoms with E-state index in [1.54, 1.807) is 6.92 Å². The SMILES string of the molecule is C/C(CNO)=C(\C)c1cccc(OCc2nc(-c3ccc(C(F)(F)F)cc3)oc2C)c1. The van der Waals surface area contributed by atoms with Gasteiger partial charge in [-0.3, -0.25) is 0 Å². The number of ether oxygens (including phenoxy) is 1. The molecule has 5 nitrogen and oxygen atoms in total. The van der Waals surface area contributed by atoms with Crippen molar-refractivity contribution in [3.05, 3.63) is 76.7 Å². The maximum atomic E-state index is 12.7. The summed E-state index contributed by atoms with van der Waals surface area (Å²) in [7, 11) is 0. The van der Waals surface area contributed by atoms with Crippen LogP contribution in [0.4, 0.5) is 13.2 Å². The molecule has 3 rings (SSSR count). The molecule has 0 fully saturated rings. The fraction of sp³-hybridized carbons (Fsp3) is 0.261. The number of aryl methyl sites for hydroxylation is 1. The number of alkyl halides is 3. The van der Waals surface area contributed by atoms with Gasteiger partial charge in [0.15, 0.2) is 0 Å². The summed E-state index contributed by atoms with van der Waals surface area (Å²) in [6.45, 7) is 6.13. The molecule has 164 valence electrons. The first-order valence-corrected chi connectivity index (χ1v) is 9.59. The number of hydrogen-bond donors (Lipinski definition) is 2. The van der Waals surface area contributed by atoms with E-state index in [9.17, 15) is 13.2 Å². The molecule has 0 spiro atoms. The summed E-state index contributed by atoms with van der Waals surface area (Å²) in [5.41, 5.74) is 5.42. The number of rotatable bonds is 7. The van der Waals surface area contributed by atoms with Gasteiger partial charge in [0.25, 0.3) is 0 Å². The van der Waals surface area contributed by atoms with Crippen LogP contribution in [0, 0.1) is 6.92 Å². The maximum Gasteiger partial charge on any atom is 0.416 e. The van der Waals surface area contributed by atoms with E-state index >= 15 is 0 Å². The zero-order valence-corrected chi connectivity index (χ0v) is 17.4. The summed E-state index contributed by atoms with van der Waals surface area (Å²) < 4.78 is 49.7. The molecule has 0 amide bonds. The van der Waals surface area contributed by atoms with E-state index in [1.807, 2.05) is 38.1 Å². The summed E-state index contributed by atoms with van der Waals surface area (Å²) in [5, 5.41) is 8.88. The molecule has 0 saturated heterocycles. The molecule has 0 aliphatic rings. The Morgan fingerprint density at radius 2 is 1.84 bits per heavy atom. The molecule has 8 heteroatoms. The molecule has 0 aliphatic heterocycles. The third-order valence-electron chi connectivity index (χ3n) is 4.98. The second-order valence-corrected chi connectivity index (χ2v) is 7.15. The topological polar surface area (TPSA) is 67.5 Å². The highest BCUT2D eigenvalue weighted by Gasteiger charge is 2.30. The van der Waals surface area contributed by atoms with E-state index in [1.165, 1.54) is 12.1 Å². The van der Waals surface area contributed by atoms with Crippen LogP contribution < -0.4 is 10.2 Å². The van der Waals surface area contributed by atoms with Crippen molar-refractivity contribution in [3.63, 3.8) is 0 Å². The third-order valence-corrected chi connectivity index (χ3v) is 4.98. The Hall–Kier alpha value is -3.10. The first kappa shape index (κ1) is 22.6. The zero-order chi connectivity index (χ0) is 22.6. The molecule has 31 heavy (non-hydrogen) atoms. The van der Waals surface area contributed by atoms with Gasteiger partial charge >= 0.3 is 6.18 Å². The average molecular weight is 432 g/mol. The number of hydroxylamine groups is 1. The molecule has 0 bridgehead atoms. The Kier molecular flexibility index (Phi) is 6.82. The fourth-order valence-electron chi connectivity index (χ4n) is 2.96. The zero-order valence-electron chi connectivity index (χ0n) is 17.4. The van der Waals surface area contributed by atoms with Gasteiger partial charge in [-0.25, -0.2) is 10.5 Å². The lowest BCUT2D eigenvalue weighted by Crippen LogP contribution is -2.10. The van der Waals surface area contributed by atoms with E-state index in [4.69, 9.17) is 14.4 Å². The number of nitrogens with one attached hydrogen (secondary N) is 1. The predicted molar refractivity (Wildman–Crippen MR) is 111 cm³/mol. The summed E-state index contributed by atoms with van der Waals surface area (Å²) >= 11 is 0. The molecule has 0 aliphatic carbocycles. The minimum atomic E-state index is -4.39. The van der Waals surface area contributed by atoms with Gasteiger partial charge in [0, 0.05) is 12.1 Å². The third kappa shape index (κ3) is 5.53. The van der Waals surface area contributed by atoms with Crippen molar-refractivity contribution < 1.29 is 27.5 Å². The number of allylic oxidation sites excluding steroid dienone is 1. The summed E-state index contributed by atoms with van der Waals surface area (Å²) in [4.78, 5) is 4.38. The first-order valence-electron chi connectivity index (χ1n) is 9.59. The second-order valence-electron chi connectivity index (χ2n) is 7.15. The highest BCUT2D eigenvalue weighted by molar-refractivity contribution is 5.67. The number of halogens is 3. The molecule has 0 radical (unpaired) electrons. The van der Waals surface area contributed by atoms with Crippen molar-refractivity contribution in [2.75, 3.05) is 6.54 Å². The van der Waals surface area contributed by atoms with Crippen molar-refractivity contribution in [2.45, 2.75) is 33.6 Å². The van der Waals surface area contributed by atoms with Gasteiger partial charge in [-0.05, 0) is 68.3 Å². The summed E-state index contributed by atoms with van der Waals surface area (Å²) in [5.74, 6) is 1.41. The molecule has 1 heterocycles. The van der Waals surface area contributed by atoms with E-state index in [2.05, 4.69) is 10.5 Å². The minimum Gasteiger partial charge on any atom is -0.487 e. The van der Waals surface area contributed by atoms with E-state index < -0.39 is 11.7 Å². The maximum absolute atomic E-state index is 12.7. The van der Waals surface area contributed by atoms with Crippen LogP contribution in [0.1, 0.15) is 36.4 Å². The van der Waals surface area contributed by atoms with Gasteiger partial charge in [-0.2, -0.15) is 13.2 Å². The van der Waals surface area contributed by atoms with Crippen LogP contribution in [0.3, 0.4) is 0 Å². The molecule has 2 aromatic carbocycles. The summed E-state index contributed by atoms with van der Waals surface area (Å²) in [6, 6.07) is 12.2. The highest BCUT2D eigenvalue weighted by atomic mass is 19.4. The molecular weight excluding hydrogens is 409 g/mol. The van der Waals surface area contributed by atoms with Crippen LogP contribution in [0.2, 0.25) is 0 Å². The Morgan fingerprint density at radius 1 is 1.13 bits per heavy atom. The van der Waals surface area contributed by atoms with Crippen LogP contribution in [-0.2, 0) is 12.8 Å². The smallest absolute Gasteiger partial charge is 0.416 e. The van der Waals surface area contributed by atoms with Gasteiger partial charge in [-0.1, -0.05) is 17.7 Å². The van der Waals surface area contributed by atoms with E-state index in [0.717, 1.165) is 28.8 Å². The first-order chi connectivity index (χ1) is 14.7. The van der Waals surface area contributed by atoms with Crippen molar-refractivity contribution >= 4 is 5.57 Å². The quantitative estimate of drug-likeness (QED) is 0.447. The monoisotopic (exact) mass is 432 g/mol. The van der Waals surface area contributed by atoms with Crippen molar-refractivity contribution in [1.82, 2.24) is 10.5 Å². The largest absolute Gasteiger partial charge is 0.487 e. The average Bonchev–Trinajstić information content (AvgIpc) is 3.12. The number of hydrogen-bond acceptors (Lipinski definition) is 5. The van der Waals surface area contributed by atoms with Crippen LogP contribution in [0.25, 0.3) is 17.0 Å². The molecule has 2 N–H and O–H groups in total. The number of oxazole rings is 1. The molecule has 0 saturated carbocycles. The summed E-state index contributed by atoms with van der Waals surface area (Å²) in [6.07, 6.45) is -4.39. The van der Waals surface area contributed by atoms with Gasteiger partial charge in [0.2, 0.25) is 5.89 Å². The lowest BCUT2D eigenvalue weighted by Gasteiger charge is -2.10. The fourth-order valence-corrected chi connectivity index (χ4v) is 2.96. The van der Waals surface area contributed by atoms with Crippen LogP contribution in [0.5, 0.6) is 5.75 Å². The Balaban J connectivity index is 1.73. The lowest BCUT2D eigenvalue weighted by molar-refractivity contribution is -0.137. The molecule has 1 aromatic heterocycles. The standard InChI is InChI=1S/C23H23F3N2O3/c1-14(12-27-29)15(2)18-5-4-6-20(11-18)30-13-21-16(3)31-22(28-21)17-7-9-19(10-8-17)23(24,25)26/h4-11,27,29H,12-13H2,1-3H3/b15-14-. The van der Waals surface area contributed by atoms with Crippen molar-refractivity contribution in [1.29, 1.82) is 0 Å². The highest BCUT2D eigenvalue weighted by Crippen LogP contribution is 2.31. The predicted octanol–water partition coefficient (Wildman–Crippen LogP) is 6.02. The number of benzene rings is 2. The van der Waals surface area contributed by atoms with E-state index in [-0.39, 0.29) is 12.5 Å². The number of aromatic nitrogens is 1. The van der Waals surface area contributed by atoms with Crippen LogP contribution in [0.15, 0.2) is 58.5 Å². The molecular formula is C23H23F3N2O3. The molecule has 3 aromatic rings. The lowest BCUT2D eigenvalue weighted by atomic mass is 10.0. The Bertz CT molecular complexity index is 1070. The van der Waals surface area contributed by atoms with Crippen LogP contribution in [-0.4, -0.2) is 16.7 Å². The molecule has 0 atom stereocenters. The van der Waals surface area contributed by atoms with Crippen molar-refractivity contribution in [2.24, 2.45) is 0 Å². The minimum absolute atomic E-state index is 0.152. The second kappa shape index (κ2) is 9.36. The van der Waals surface area contributed by atoms with Crippen molar-refractivity contribution in [3.8, 4) is 17.2 Å². The van der Waals surface area contributed by atoms with Gasteiger partial charge in [0.05, 0.1) is 5.56 Å². The van der Waals surface area contributed by atoms with E-state index in [0.29, 0.717) is 29.3 Å². The van der Waals surface area contributed by atoms with Gasteiger partial charge in [-0.15, -0.1) is 0 Å². The van der Waals surface area contributed by atoms with Gasteiger partial charge < -0.3 is 14.4 Å². The normalized spacial score (nSPS) is 12.6. The van der Waals surface area contributed by atoms with Gasteiger partial charge in [0.1, 0.15) is 23.8 Å². The Morgan fingerprint density at radius 3 is 2.48 bits per heavy atom. The Labute approximate surface area is 178 Å². The molecule has 0 unspecified atom stereocenters. The number of nitrogens with zero attached hydrogens (tertiary/aromatic N) is 1. The van der Waals surface area contributed by atoms with Crippen LogP contribution >= 0.6 is 0 Å².